The Morgan fingerprint density at radius 2 is 1.81 bits per heavy atom. The summed E-state index contributed by atoms with van der Waals surface area (Å²) in [7, 11) is 6.42. The summed E-state index contributed by atoms with van der Waals surface area (Å²) in [5, 5.41) is 0. The van der Waals surface area contributed by atoms with Crippen LogP contribution in [0.15, 0.2) is 82.6 Å². The van der Waals surface area contributed by atoms with Crippen LogP contribution in [0.2, 0.25) is 0 Å². The van der Waals surface area contributed by atoms with Gasteiger partial charge in [-0.15, -0.1) is 0 Å². The number of benzene rings is 1. The Kier molecular flexibility index (Phi) is 14.3. The van der Waals surface area contributed by atoms with E-state index in [0.29, 0.717) is 5.92 Å². The van der Waals surface area contributed by atoms with Crippen LogP contribution in [-0.2, 0) is 6.42 Å². The van der Waals surface area contributed by atoms with Crippen molar-refractivity contribution in [3.05, 3.63) is 88.7 Å². The maximum atomic E-state index is 6.42. The number of hydrogen-bond acceptors (Lipinski definition) is 1. The molecule has 2 heteroatoms. The number of aliphatic imine (C=N–C) groups is 1. The average molecular weight is 495 g/mol. The van der Waals surface area contributed by atoms with E-state index in [0.717, 1.165) is 30.4 Å². The zero-order valence-corrected chi connectivity index (χ0v) is 24.4. The molecule has 0 heterocycles. The molecule has 1 aliphatic carbocycles. The van der Waals surface area contributed by atoms with E-state index in [2.05, 4.69) is 76.8 Å². The molecule has 0 aliphatic heterocycles. The third-order valence-corrected chi connectivity index (χ3v) is 7.30. The molecule has 3 unspecified atom stereocenters. The van der Waals surface area contributed by atoms with E-state index in [1.807, 2.05) is 31.2 Å². The fraction of sp³-hybridized carbons (Fsp3) is 0.514. The molecule has 1 aromatic carbocycles. The molecule has 0 amide bonds. The first-order valence-corrected chi connectivity index (χ1v) is 14.5. The van der Waals surface area contributed by atoms with Gasteiger partial charge >= 0.3 is 179 Å². The molecule has 1 aromatic rings. The van der Waals surface area contributed by atoms with Gasteiger partial charge in [-0.1, -0.05) is 32.6 Å². The summed E-state index contributed by atoms with van der Waals surface area (Å²) in [4.78, 5) is 5.21. The summed E-state index contributed by atoms with van der Waals surface area (Å²) in [5.41, 5.74) is 11.0. The third kappa shape index (κ3) is 11.2. The monoisotopic (exact) mass is 494 g/mol. The Bertz CT molecular complexity index is 1020. The normalized spacial score (nSPS) is 18.0. The van der Waals surface area contributed by atoms with Crippen molar-refractivity contribution in [2.45, 2.75) is 111 Å². The van der Waals surface area contributed by atoms with Gasteiger partial charge in [0.25, 0.3) is 0 Å². The van der Waals surface area contributed by atoms with Gasteiger partial charge in [-0.05, 0) is 18.4 Å². The molecule has 0 N–H and O–H groups in total. The Balaban J connectivity index is 2.02. The van der Waals surface area contributed by atoms with Crippen molar-refractivity contribution in [2.75, 3.05) is 0 Å². The van der Waals surface area contributed by atoms with Crippen molar-refractivity contribution < 1.29 is 0 Å². The predicted octanol–water partition coefficient (Wildman–Crippen LogP) is 9.45. The molecule has 1 aliphatic rings. The molecule has 37 heavy (non-hydrogen) atoms. The Labute approximate surface area is 229 Å². The number of aryl methyl sites for hydroxylation is 1. The van der Waals surface area contributed by atoms with Crippen LogP contribution in [0.4, 0.5) is 0 Å². The fourth-order valence-corrected chi connectivity index (χ4v) is 4.78. The first kappa shape index (κ1) is 30.8. The molecule has 0 aromatic heterocycles. The number of allylic oxidation sites excluding steroid dienone is 6. The van der Waals surface area contributed by atoms with E-state index in [-0.39, 0.29) is 12.0 Å². The van der Waals surface area contributed by atoms with E-state index >= 15 is 0 Å². The summed E-state index contributed by atoms with van der Waals surface area (Å²) >= 11 is 0. The Hall–Kier alpha value is -2.44. The van der Waals surface area contributed by atoms with Crippen molar-refractivity contribution in [3.63, 3.8) is 0 Å². The summed E-state index contributed by atoms with van der Waals surface area (Å²) in [6.07, 6.45) is 23.3. The van der Waals surface area contributed by atoms with Crippen molar-refractivity contribution in [2.24, 2.45) is 10.9 Å². The molecule has 0 saturated carbocycles. The Morgan fingerprint density at radius 3 is 2.49 bits per heavy atom. The van der Waals surface area contributed by atoms with Crippen LogP contribution in [-0.4, -0.2) is 24.7 Å². The second-order valence-corrected chi connectivity index (χ2v) is 10.8. The number of unbranched alkanes of at least 4 members (excludes halogenated alkanes) is 4. The van der Waals surface area contributed by atoms with E-state index in [1.54, 1.807) is 0 Å². The molecule has 3 atom stereocenters. The number of hydrogen-bond donors (Lipinski definition) is 0. The molecule has 1 radical (unpaired) electrons. The molecule has 2 rings (SSSR count). The van der Waals surface area contributed by atoms with Gasteiger partial charge in [-0.3, -0.25) is 0 Å². The van der Waals surface area contributed by atoms with Gasteiger partial charge in [0.2, 0.25) is 0 Å². The quantitative estimate of drug-likeness (QED) is 0.0803. The van der Waals surface area contributed by atoms with Crippen molar-refractivity contribution in [1.29, 1.82) is 0 Å². The predicted molar refractivity (Wildman–Crippen MR) is 167 cm³/mol. The molecule has 1 nitrogen and oxygen atoms in total. The Morgan fingerprint density at radius 1 is 1.08 bits per heavy atom. The maximum absolute atomic E-state index is 6.42. The van der Waals surface area contributed by atoms with E-state index in [4.69, 9.17) is 12.5 Å². The molecular weight excluding hydrogens is 445 g/mol. The van der Waals surface area contributed by atoms with Gasteiger partial charge in [-0.25, -0.2) is 0 Å². The summed E-state index contributed by atoms with van der Waals surface area (Å²) < 4.78 is 0. The van der Waals surface area contributed by atoms with Crippen LogP contribution in [0.1, 0.15) is 110 Å². The summed E-state index contributed by atoms with van der Waals surface area (Å²) in [6, 6.07) is 9.58. The van der Waals surface area contributed by atoms with E-state index in [9.17, 15) is 0 Å². The van der Waals surface area contributed by atoms with Crippen LogP contribution in [0.5, 0.6) is 0 Å². The summed E-state index contributed by atoms with van der Waals surface area (Å²) in [5.74, 6) is 0.467. The van der Waals surface area contributed by atoms with Crippen LogP contribution >= 0.6 is 0 Å². The standard InChI is InChI=1S/C35H49BN/c1-7-9-11-12-14-16-30-20-22-32(23-21-30)28(5)31-17-15-18-33(25-24-31)37-35(26-27(3)4)29(6)34(36)19-13-10-8-2/h8,10,13,15,19-23,26,28-29,33H,7,9,11-12,14,16,18,24-25H2,1-6H3/b10-8?,19-13-,37-35?. The second kappa shape index (κ2) is 17.1. The first-order chi connectivity index (χ1) is 17.8. The summed E-state index contributed by atoms with van der Waals surface area (Å²) in [6.45, 7) is 13.0. The van der Waals surface area contributed by atoms with Crippen LogP contribution in [0, 0.1) is 5.92 Å². The molecule has 197 valence electrons. The average Bonchev–Trinajstić information content (AvgIpc) is 3.13. The minimum atomic E-state index is 0.0835. The van der Waals surface area contributed by atoms with Crippen LogP contribution in [0.25, 0.3) is 0 Å². The SMILES string of the molecule is [B]=C(/C=C\C=CC)C(C)C(C=C(C)C)=NC1CC=C=C(C(C)c2ccc(CCCCCCC)cc2)CC1. The molecular formula is C35H49BN. The van der Waals surface area contributed by atoms with Gasteiger partial charge in [0.15, 0.2) is 0 Å². The van der Waals surface area contributed by atoms with Crippen molar-refractivity contribution in [3.8, 4) is 0 Å². The van der Waals surface area contributed by atoms with Crippen molar-refractivity contribution >= 4 is 18.7 Å². The van der Waals surface area contributed by atoms with Gasteiger partial charge < -0.3 is 0 Å². The van der Waals surface area contributed by atoms with Gasteiger partial charge in [0.1, 0.15) is 0 Å². The van der Waals surface area contributed by atoms with Gasteiger partial charge in [-0.2, -0.15) is 0 Å². The van der Waals surface area contributed by atoms with Gasteiger partial charge in [0.05, 0.1) is 0 Å². The topological polar surface area (TPSA) is 12.4 Å². The van der Waals surface area contributed by atoms with E-state index < -0.39 is 0 Å². The third-order valence-electron chi connectivity index (χ3n) is 7.30. The van der Waals surface area contributed by atoms with E-state index in [1.165, 1.54) is 60.8 Å². The number of rotatable bonds is 14. The molecule has 0 fully saturated rings. The molecule has 0 saturated heterocycles. The zero-order chi connectivity index (χ0) is 27.0. The van der Waals surface area contributed by atoms with Crippen LogP contribution < -0.4 is 0 Å². The zero-order valence-electron chi connectivity index (χ0n) is 24.4. The molecule has 0 spiro atoms. The molecule has 0 bridgehead atoms. The fourth-order valence-electron chi connectivity index (χ4n) is 4.78. The van der Waals surface area contributed by atoms with Crippen molar-refractivity contribution in [1.82, 2.24) is 0 Å². The van der Waals surface area contributed by atoms with Crippen LogP contribution in [0.3, 0.4) is 0 Å². The first-order valence-electron chi connectivity index (χ1n) is 14.5. The van der Waals surface area contributed by atoms with Gasteiger partial charge in [0, 0.05) is 0 Å². The number of nitrogens with zero attached hydrogens (tertiary/aromatic N) is 1. The minimum absolute atomic E-state index is 0.0835. The second-order valence-electron chi connectivity index (χ2n) is 10.8.